The van der Waals surface area contributed by atoms with Crippen molar-refractivity contribution in [2.45, 2.75) is 63.5 Å². The zero-order chi connectivity index (χ0) is 23.7. The quantitative estimate of drug-likeness (QED) is 0.502. The monoisotopic (exact) mass is 474 g/mol. The summed E-state index contributed by atoms with van der Waals surface area (Å²) in [6.45, 7) is 0. The summed E-state index contributed by atoms with van der Waals surface area (Å²) in [6, 6.07) is 15.4. The first-order valence-corrected chi connectivity index (χ1v) is 12.8. The topological polar surface area (TPSA) is 70.3 Å². The number of nitrogens with two attached hydrogens (primary N) is 1. The minimum atomic E-state index is 0.295. The van der Waals surface area contributed by atoms with Crippen LogP contribution in [0.3, 0.4) is 0 Å². The first-order chi connectivity index (χ1) is 16.5. The molecule has 5 rings (SSSR count). The Kier molecular flexibility index (Phi) is 6.55. The highest BCUT2D eigenvalue weighted by atomic mass is 32.1. The van der Waals surface area contributed by atoms with E-state index < -0.39 is 0 Å². The van der Waals surface area contributed by atoms with Crippen LogP contribution in [0.25, 0.3) is 10.8 Å². The van der Waals surface area contributed by atoms with Gasteiger partial charge in [0, 0.05) is 37.1 Å². The van der Waals surface area contributed by atoms with Crippen LogP contribution in [0.15, 0.2) is 42.5 Å². The van der Waals surface area contributed by atoms with Gasteiger partial charge < -0.3 is 20.9 Å². The van der Waals surface area contributed by atoms with Crippen LogP contribution >= 0.6 is 12.2 Å². The average Bonchev–Trinajstić information content (AvgIpc) is 2.84. The van der Waals surface area contributed by atoms with E-state index in [1.807, 2.05) is 0 Å². The Bertz CT molecular complexity index is 1180. The normalized spacial score (nSPS) is 19.9. The SMILES string of the molecule is CN(C)c1nc(N[C@H]2CC[C@@H](N(C(N)=S)c3cccc4ccccc34)CC2)nc2c1CCCC2. The molecule has 178 valence electrons. The fourth-order valence-corrected chi connectivity index (χ4v) is 5.83. The molecular weight excluding hydrogens is 440 g/mol. The second-order valence-electron chi connectivity index (χ2n) is 9.75. The van der Waals surface area contributed by atoms with E-state index in [1.54, 1.807) is 0 Å². The lowest BCUT2D eigenvalue weighted by Crippen LogP contribution is -2.46. The van der Waals surface area contributed by atoms with Crippen molar-refractivity contribution in [3.05, 3.63) is 53.7 Å². The molecule has 0 atom stereocenters. The number of aryl methyl sites for hydroxylation is 1. The zero-order valence-electron chi connectivity index (χ0n) is 20.1. The van der Waals surface area contributed by atoms with E-state index in [1.165, 1.54) is 34.9 Å². The Hall–Kier alpha value is -2.93. The van der Waals surface area contributed by atoms with Gasteiger partial charge in [-0.15, -0.1) is 0 Å². The third-order valence-electron chi connectivity index (χ3n) is 7.24. The van der Waals surface area contributed by atoms with E-state index in [0.29, 0.717) is 17.2 Å². The Morgan fingerprint density at radius 1 is 0.971 bits per heavy atom. The first-order valence-electron chi connectivity index (χ1n) is 12.4. The fraction of sp³-hybridized carbons (Fsp3) is 0.444. The summed E-state index contributed by atoms with van der Waals surface area (Å²) < 4.78 is 0. The van der Waals surface area contributed by atoms with Crippen LogP contribution in [0, 0.1) is 0 Å². The molecule has 0 unspecified atom stereocenters. The van der Waals surface area contributed by atoms with Crippen molar-refractivity contribution in [3.63, 3.8) is 0 Å². The first kappa shape index (κ1) is 22.8. The highest BCUT2D eigenvalue weighted by molar-refractivity contribution is 7.80. The van der Waals surface area contributed by atoms with Crippen LogP contribution < -0.4 is 20.9 Å². The van der Waals surface area contributed by atoms with Crippen molar-refractivity contribution >= 4 is 45.6 Å². The Morgan fingerprint density at radius 3 is 2.47 bits per heavy atom. The molecule has 2 aromatic carbocycles. The van der Waals surface area contributed by atoms with Gasteiger partial charge in [0.15, 0.2) is 5.11 Å². The summed E-state index contributed by atoms with van der Waals surface area (Å²) in [4.78, 5) is 14.1. The molecule has 2 aliphatic carbocycles. The van der Waals surface area contributed by atoms with Gasteiger partial charge in [0.1, 0.15) is 5.82 Å². The van der Waals surface area contributed by atoms with Gasteiger partial charge in [-0.2, -0.15) is 4.98 Å². The van der Waals surface area contributed by atoms with Gasteiger partial charge in [-0.3, -0.25) is 0 Å². The van der Waals surface area contributed by atoms with Crippen LogP contribution in [0.2, 0.25) is 0 Å². The van der Waals surface area contributed by atoms with Gasteiger partial charge in [0.05, 0.1) is 11.4 Å². The molecule has 0 amide bonds. The van der Waals surface area contributed by atoms with Gasteiger partial charge in [-0.05, 0) is 75.0 Å². The molecule has 0 aliphatic heterocycles. The molecule has 1 saturated carbocycles. The standard InChI is InChI=1S/C27H34N6S/c1-32(2)25-22-11-5-6-12-23(22)30-27(31-25)29-19-14-16-20(17-15-19)33(26(28)34)24-13-7-9-18-8-3-4-10-21(18)24/h3-4,7-10,13,19-20H,5-6,11-12,14-17H2,1-2H3,(H2,28,34)(H,29,30,31)/t19-,20+. The van der Waals surface area contributed by atoms with E-state index in [0.717, 1.165) is 56.0 Å². The maximum absolute atomic E-state index is 6.28. The van der Waals surface area contributed by atoms with Crippen molar-refractivity contribution in [2.24, 2.45) is 5.73 Å². The lowest BCUT2D eigenvalue weighted by atomic mass is 9.89. The third-order valence-corrected chi connectivity index (χ3v) is 7.44. The van der Waals surface area contributed by atoms with Gasteiger partial charge in [0.2, 0.25) is 5.95 Å². The number of nitrogens with zero attached hydrogens (tertiary/aromatic N) is 4. The zero-order valence-corrected chi connectivity index (χ0v) is 20.9. The molecule has 7 heteroatoms. The fourth-order valence-electron chi connectivity index (χ4n) is 5.58. The average molecular weight is 475 g/mol. The number of nitrogens with one attached hydrogen (secondary N) is 1. The number of fused-ring (bicyclic) bond motifs is 2. The summed E-state index contributed by atoms with van der Waals surface area (Å²) in [7, 11) is 4.15. The predicted molar refractivity (Wildman–Crippen MR) is 146 cm³/mol. The third kappa shape index (κ3) is 4.53. The molecule has 0 spiro atoms. The predicted octanol–water partition coefficient (Wildman–Crippen LogP) is 5.05. The van der Waals surface area contributed by atoms with E-state index in [2.05, 4.69) is 71.7 Å². The van der Waals surface area contributed by atoms with Crippen LogP contribution in [0.1, 0.15) is 49.8 Å². The number of anilines is 3. The van der Waals surface area contributed by atoms with Crippen molar-refractivity contribution in [2.75, 3.05) is 29.2 Å². The van der Waals surface area contributed by atoms with Gasteiger partial charge in [0.25, 0.3) is 0 Å². The van der Waals surface area contributed by atoms with Crippen LogP contribution in [0.5, 0.6) is 0 Å². The molecular formula is C27H34N6S. The van der Waals surface area contributed by atoms with E-state index in [4.69, 9.17) is 27.9 Å². The lowest BCUT2D eigenvalue weighted by molar-refractivity contribution is 0.409. The number of benzene rings is 2. The van der Waals surface area contributed by atoms with Crippen molar-refractivity contribution in [1.82, 2.24) is 9.97 Å². The Labute approximate surface area is 207 Å². The summed E-state index contributed by atoms with van der Waals surface area (Å²) in [5.74, 6) is 1.84. The van der Waals surface area contributed by atoms with E-state index >= 15 is 0 Å². The largest absolute Gasteiger partial charge is 0.376 e. The van der Waals surface area contributed by atoms with Crippen LogP contribution in [0.4, 0.5) is 17.5 Å². The van der Waals surface area contributed by atoms with Crippen LogP contribution in [-0.2, 0) is 12.8 Å². The molecule has 0 bridgehead atoms. The second-order valence-corrected chi connectivity index (χ2v) is 10.2. The number of hydrogen-bond donors (Lipinski definition) is 2. The molecule has 2 aliphatic rings. The number of aromatic nitrogens is 2. The second kappa shape index (κ2) is 9.74. The molecule has 1 fully saturated rings. The minimum absolute atomic E-state index is 0.295. The van der Waals surface area contributed by atoms with Gasteiger partial charge in [-0.1, -0.05) is 36.4 Å². The summed E-state index contributed by atoms with van der Waals surface area (Å²) in [5, 5.41) is 6.50. The summed E-state index contributed by atoms with van der Waals surface area (Å²) in [5.41, 5.74) is 9.93. The summed E-state index contributed by atoms with van der Waals surface area (Å²) in [6.07, 6.45) is 8.67. The molecule has 6 nitrogen and oxygen atoms in total. The van der Waals surface area contributed by atoms with E-state index in [9.17, 15) is 0 Å². The molecule has 1 aromatic heterocycles. The van der Waals surface area contributed by atoms with Crippen molar-refractivity contribution in [1.29, 1.82) is 0 Å². The van der Waals surface area contributed by atoms with E-state index in [-0.39, 0.29) is 0 Å². The maximum Gasteiger partial charge on any atom is 0.225 e. The number of hydrogen-bond acceptors (Lipinski definition) is 5. The lowest BCUT2D eigenvalue weighted by Gasteiger charge is -2.38. The van der Waals surface area contributed by atoms with Gasteiger partial charge >= 0.3 is 0 Å². The molecule has 3 aromatic rings. The van der Waals surface area contributed by atoms with Crippen LogP contribution in [-0.4, -0.2) is 41.3 Å². The molecule has 0 radical (unpaired) electrons. The molecule has 34 heavy (non-hydrogen) atoms. The molecule has 3 N–H and O–H groups in total. The Balaban J connectivity index is 1.31. The molecule has 1 heterocycles. The highest BCUT2D eigenvalue weighted by Gasteiger charge is 2.29. The maximum atomic E-state index is 6.28. The van der Waals surface area contributed by atoms with Gasteiger partial charge in [-0.25, -0.2) is 4.98 Å². The Morgan fingerprint density at radius 2 is 1.71 bits per heavy atom. The molecule has 0 saturated heterocycles. The number of thiocarbonyl (C=S) groups is 1. The summed E-state index contributed by atoms with van der Waals surface area (Å²) >= 11 is 5.54. The highest BCUT2D eigenvalue weighted by Crippen LogP contribution is 2.34. The minimum Gasteiger partial charge on any atom is -0.376 e. The smallest absolute Gasteiger partial charge is 0.225 e. The van der Waals surface area contributed by atoms with Crippen molar-refractivity contribution in [3.8, 4) is 0 Å². The van der Waals surface area contributed by atoms with Crippen molar-refractivity contribution < 1.29 is 0 Å². The number of rotatable bonds is 5.